The average Bonchev–Trinajstić information content (AvgIpc) is 2.52. The second kappa shape index (κ2) is 8.16. The number of terminal acetylenes is 1. The van der Waals surface area contributed by atoms with Gasteiger partial charge in [0.2, 0.25) is 0 Å². The van der Waals surface area contributed by atoms with Crippen LogP contribution in [0.3, 0.4) is 0 Å². The van der Waals surface area contributed by atoms with Gasteiger partial charge >= 0.3 is 0 Å². The predicted molar refractivity (Wildman–Crippen MR) is 99.2 cm³/mol. The first-order valence-corrected chi connectivity index (χ1v) is 8.97. The number of thioether (sulfide) groups is 1. The van der Waals surface area contributed by atoms with E-state index in [0.717, 1.165) is 36.2 Å². The molecule has 2 rings (SSSR count). The fourth-order valence-electron chi connectivity index (χ4n) is 2.66. The third kappa shape index (κ3) is 5.11. The second-order valence-electron chi connectivity index (χ2n) is 6.06. The van der Waals surface area contributed by atoms with E-state index >= 15 is 0 Å². The van der Waals surface area contributed by atoms with Gasteiger partial charge < -0.3 is 15.4 Å². The molecule has 5 heteroatoms. The lowest BCUT2D eigenvalue weighted by Crippen LogP contribution is -2.45. The van der Waals surface area contributed by atoms with E-state index in [1.165, 1.54) is 5.56 Å². The summed E-state index contributed by atoms with van der Waals surface area (Å²) in [6.07, 6.45) is 6.14. The minimum absolute atomic E-state index is 0.180. The van der Waals surface area contributed by atoms with E-state index in [4.69, 9.17) is 11.2 Å². The molecule has 23 heavy (non-hydrogen) atoms. The summed E-state index contributed by atoms with van der Waals surface area (Å²) in [5.74, 6) is 6.09. The van der Waals surface area contributed by atoms with Gasteiger partial charge in [0.05, 0.1) is 11.8 Å². The van der Waals surface area contributed by atoms with Crippen LogP contribution in [0.5, 0.6) is 5.75 Å². The number of fused-ring (bicyclic) bond motifs is 1. The standard InChI is InChI=1S/C18H25N3OS/c1-5-11-23-12-10-20-17(19-4)21-15-13-18(2,3)22-16-9-7-6-8-14(15)16/h1,6-9,15H,10-13H2,2-4H3,(H2,19,20,21). The highest BCUT2D eigenvalue weighted by Crippen LogP contribution is 2.39. The Hall–Kier alpha value is -1.80. The summed E-state index contributed by atoms with van der Waals surface area (Å²) in [6, 6.07) is 8.37. The van der Waals surface area contributed by atoms with E-state index in [0.29, 0.717) is 0 Å². The van der Waals surface area contributed by atoms with Crippen molar-refractivity contribution >= 4 is 17.7 Å². The normalized spacial score (nSPS) is 19.2. The van der Waals surface area contributed by atoms with Gasteiger partial charge in [-0.25, -0.2) is 0 Å². The first-order chi connectivity index (χ1) is 11.1. The van der Waals surface area contributed by atoms with Gasteiger partial charge in [0.25, 0.3) is 0 Å². The van der Waals surface area contributed by atoms with E-state index in [1.807, 2.05) is 18.2 Å². The Morgan fingerprint density at radius 3 is 3.00 bits per heavy atom. The van der Waals surface area contributed by atoms with Crippen LogP contribution < -0.4 is 15.4 Å². The number of nitrogens with zero attached hydrogens (tertiary/aromatic N) is 1. The number of guanidine groups is 1. The number of ether oxygens (including phenoxy) is 1. The molecule has 1 aliphatic heterocycles. The van der Waals surface area contributed by atoms with Gasteiger partial charge in [-0.3, -0.25) is 4.99 Å². The van der Waals surface area contributed by atoms with E-state index in [9.17, 15) is 0 Å². The Kier molecular flexibility index (Phi) is 6.23. The minimum Gasteiger partial charge on any atom is -0.487 e. The zero-order valence-corrected chi connectivity index (χ0v) is 14.9. The molecule has 1 aromatic carbocycles. The van der Waals surface area contributed by atoms with Crippen LogP contribution in [0.15, 0.2) is 29.3 Å². The summed E-state index contributed by atoms with van der Waals surface area (Å²) in [7, 11) is 1.79. The van der Waals surface area contributed by atoms with E-state index < -0.39 is 0 Å². The van der Waals surface area contributed by atoms with Crippen LogP contribution in [0.25, 0.3) is 0 Å². The molecule has 2 N–H and O–H groups in total. The molecule has 0 aromatic heterocycles. The lowest BCUT2D eigenvalue weighted by molar-refractivity contribution is 0.0694. The van der Waals surface area contributed by atoms with Crippen molar-refractivity contribution in [2.75, 3.05) is 25.1 Å². The molecule has 0 amide bonds. The molecule has 1 aliphatic rings. The summed E-state index contributed by atoms with van der Waals surface area (Å²) < 4.78 is 6.07. The number of benzene rings is 1. The molecule has 0 bridgehead atoms. The largest absolute Gasteiger partial charge is 0.487 e. The van der Waals surface area contributed by atoms with Crippen molar-refractivity contribution in [3.8, 4) is 18.1 Å². The van der Waals surface area contributed by atoms with Gasteiger partial charge in [-0.05, 0) is 19.9 Å². The van der Waals surface area contributed by atoms with Crippen LogP contribution in [0.1, 0.15) is 31.9 Å². The van der Waals surface area contributed by atoms with Crippen LogP contribution in [0.2, 0.25) is 0 Å². The zero-order valence-electron chi connectivity index (χ0n) is 14.1. The lowest BCUT2D eigenvalue weighted by Gasteiger charge is -2.38. The van der Waals surface area contributed by atoms with Crippen LogP contribution in [0.4, 0.5) is 0 Å². The van der Waals surface area contributed by atoms with Gasteiger partial charge in [-0.1, -0.05) is 24.1 Å². The molecule has 1 aromatic rings. The molecule has 0 saturated heterocycles. The molecule has 0 radical (unpaired) electrons. The molecule has 0 spiro atoms. The molecule has 1 heterocycles. The summed E-state index contributed by atoms with van der Waals surface area (Å²) >= 11 is 1.74. The van der Waals surface area contributed by atoms with Crippen molar-refractivity contribution in [2.24, 2.45) is 4.99 Å². The molecule has 1 atom stereocenters. The fourth-order valence-corrected chi connectivity index (χ4v) is 3.17. The van der Waals surface area contributed by atoms with Gasteiger partial charge in [0, 0.05) is 31.3 Å². The highest BCUT2D eigenvalue weighted by Gasteiger charge is 2.33. The third-order valence-electron chi connectivity index (χ3n) is 3.64. The van der Waals surface area contributed by atoms with Crippen molar-refractivity contribution in [3.63, 3.8) is 0 Å². The number of hydrogen-bond acceptors (Lipinski definition) is 3. The van der Waals surface area contributed by atoms with Crippen LogP contribution >= 0.6 is 11.8 Å². The maximum Gasteiger partial charge on any atom is 0.191 e. The van der Waals surface area contributed by atoms with Crippen LogP contribution in [-0.4, -0.2) is 36.7 Å². The number of nitrogens with one attached hydrogen (secondary N) is 2. The van der Waals surface area contributed by atoms with Crippen molar-refractivity contribution < 1.29 is 4.74 Å². The minimum atomic E-state index is -0.201. The Morgan fingerprint density at radius 1 is 1.48 bits per heavy atom. The maximum atomic E-state index is 6.07. The Morgan fingerprint density at radius 2 is 2.26 bits per heavy atom. The molecule has 0 fully saturated rings. The third-order valence-corrected chi connectivity index (χ3v) is 4.50. The van der Waals surface area contributed by atoms with E-state index in [2.05, 4.69) is 41.5 Å². The van der Waals surface area contributed by atoms with Crippen molar-refractivity contribution in [3.05, 3.63) is 29.8 Å². The van der Waals surface area contributed by atoms with Gasteiger partial charge in [0.15, 0.2) is 5.96 Å². The quantitative estimate of drug-likeness (QED) is 0.377. The summed E-state index contributed by atoms with van der Waals surface area (Å²) in [6.45, 7) is 5.06. The Bertz CT molecular complexity index is 592. The van der Waals surface area contributed by atoms with Gasteiger partial charge in [0.1, 0.15) is 11.4 Å². The molecule has 0 aliphatic carbocycles. The molecule has 1 unspecified atom stereocenters. The number of rotatable bonds is 5. The highest BCUT2D eigenvalue weighted by molar-refractivity contribution is 7.99. The SMILES string of the molecule is C#CCSCCNC(=NC)NC1CC(C)(C)Oc2ccccc21. The van der Waals surface area contributed by atoms with Crippen molar-refractivity contribution in [1.29, 1.82) is 0 Å². The van der Waals surface area contributed by atoms with Crippen LogP contribution in [-0.2, 0) is 0 Å². The Balaban J connectivity index is 1.99. The van der Waals surface area contributed by atoms with E-state index in [1.54, 1.807) is 18.8 Å². The maximum absolute atomic E-state index is 6.07. The molecular weight excluding hydrogens is 306 g/mol. The lowest BCUT2D eigenvalue weighted by atomic mass is 9.90. The first-order valence-electron chi connectivity index (χ1n) is 7.82. The molecule has 4 nitrogen and oxygen atoms in total. The van der Waals surface area contributed by atoms with Gasteiger partial charge in [-0.15, -0.1) is 18.2 Å². The monoisotopic (exact) mass is 331 g/mol. The number of hydrogen-bond donors (Lipinski definition) is 2. The van der Waals surface area contributed by atoms with Crippen molar-refractivity contribution in [2.45, 2.75) is 31.9 Å². The molecule has 124 valence electrons. The average molecular weight is 331 g/mol. The smallest absolute Gasteiger partial charge is 0.191 e. The van der Waals surface area contributed by atoms with Crippen molar-refractivity contribution in [1.82, 2.24) is 10.6 Å². The topological polar surface area (TPSA) is 45.7 Å². The molecule has 0 saturated carbocycles. The summed E-state index contributed by atoms with van der Waals surface area (Å²) in [4.78, 5) is 4.32. The second-order valence-corrected chi connectivity index (χ2v) is 7.16. The first kappa shape index (κ1) is 17.6. The van der Waals surface area contributed by atoms with E-state index in [-0.39, 0.29) is 11.6 Å². The summed E-state index contributed by atoms with van der Waals surface area (Å²) in [5.41, 5.74) is 0.976. The van der Waals surface area contributed by atoms with Crippen LogP contribution in [0, 0.1) is 12.3 Å². The van der Waals surface area contributed by atoms with Gasteiger partial charge in [-0.2, -0.15) is 0 Å². The number of aliphatic imine (C=N–C) groups is 1. The summed E-state index contributed by atoms with van der Waals surface area (Å²) in [5, 5.41) is 6.86. The zero-order chi connectivity index (χ0) is 16.7. The molecular formula is C18H25N3OS. The fraction of sp³-hybridized carbons (Fsp3) is 0.500. The number of para-hydroxylation sites is 1. The highest BCUT2D eigenvalue weighted by atomic mass is 32.2. The Labute approximate surface area is 143 Å². The predicted octanol–water partition coefficient (Wildman–Crippen LogP) is 2.82.